The number of aromatic hydroxyl groups is 1. The quantitative estimate of drug-likeness (QED) is 0.500. The number of anilines is 1. The summed E-state index contributed by atoms with van der Waals surface area (Å²) in [6, 6.07) is 8.52. The van der Waals surface area contributed by atoms with E-state index in [1.165, 1.54) is 25.1 Å². The van der Waals surface area contributed by atoms with Gasteiger partial charge in [0.25, 0.3) is 0 Å². The second-order valence-electron chi connectivity index (χ2n) is 7.20. The monoisotopic (exact) mass is 398 g/mol. The molecule has 1 unspecified atom stereocenters. The van der Waals surface area contributed by atoms with Crippen LogP contribution in [-0.2, 0) is 4.79 Å². The van der Waals surface area contributed by atoms with E-state index in [4.69, 9.17) is 0 Å². The number of carboxylic acid groups (broad SMARTS) is 1. The third kappa shape index (κ3) is 4.00. The minimum Gasteiger partial charge on any atom is -0.508 e. The SMILES string of the molecule is Cc1cc(-c2c(C(C)CO)c(N[C@H](C)C(=O)O)nc3cc(O)ccc23)ccc1F. The maximum atomic E-state index is 13.9. The molecule has 0 saturated carbocycles. The first-order valence-electron chi connectivity index (χ1n) is 9.26. The Bertz CT molecular complexity index is 1080. The lowest BCUT2D eigenvalue weighted by molar-refractivity contribution is -0.137. The van der Waals surface area contributed by atoms with Crippen LogP contribution >= 0.6 is 0 Å². The highest BCUT2D eigenvalue weighted by molar-refractivity contribution is 5.99. The minimum absolute atomic E-state index is 0.0198. The number of nitrogens with zero attached hydrogens (tertiary/aromatic N) is 1. The Morgan fingerprint density at radius 1 is 1.21 bits per heavy atom. The molecule has 1 aromatic heterocycles. The van der Waals surface area contributed by atoms with Crippen molar-refractivity contribution in [2.24, 2.45) is 0 Å². The van der Waals surface area contributed by atoms with Crippen LogP contribution in [0.15, 0.2) is 36.4 Å². The van der Waals surface area contributed by atoms with Crippen molar-refractivity contribution in [2.75, 3.05) is 11.9 Å². The maximum absolute atomic E-state index is 13.9. The fourth-order valence-corrected chi connectivity index (χ4v) is 3.33. The molecule has 152 valence electrons. The molecule has 2 atom stereocenters. The van der Waals surface area contributed by atoms with Crippen molar-refractivity contribution in [1.29, 1.82) is 0 Å². The summed E-state index contributed by atoms with van der Waals surface area (Å²) in [4.78, 5) is 15.9. The molecular weight excluding hydrogens is 375 g/mol. The number of aliphatic hydroxyl groups excluding tert-OH is 1. The molecule has 7 heteroatoms. The molecule has 0 aliphatic heterocycles. The van der Waals surface area contributed by atoms with E-state index in [1.807, 2.05) is 0 Å². The van der Waals surface area contributed by atoms with Crippen LogP contribution in [0.2, 0.25) is 0 Å². The summed E-state index contributed by atoms with van der Waals surface area (Å²) in [5, 5.41) is 32.7. The molecule has 2 aromatic carbocycles. The summed E-state index contributed by atoms with van der Waals surface area (Å²) < 4.78 is 13.9. The van der Waals surface area contributed by atoms with Crippen LogP contribution in [-0.4, -0.2) is 38.9 Å². The average Bonchev–Trinajstić information content (AvgIpc) is 2.68. The molecule has 0 spiro atoms. The summed E-state index contributed by atoms with van der Waals surface area (Å²) in [5.41, 5.74) is 2.96. The minimum atomic E-state index is -1.05. The van der Waals surface area contributed by atoms with E-state index in [9.17, 15) is 24.5 Å². The molecule has 0 amide bonds. The molecule has 3 aromatic rings. The Morgan fingerprint density at radius 2 is 1.93 bits per heavy atom. The van der Waals surface area contributed by atoms with Gasteiger partial charge in [-0.15, -0.1) is 0 Å². The molecule has 0 saturated heterocycles. The van der Waals surface area contributed by atoms with E-state index in [1.54, 1.807) is 32.0 Å². The Hall–Kier alpha value is -3.19. The first kappa shape index (κ1) is 20.5. The molecule has 0 radical (unpaired) electrons. The Balaban J connectivity index is 2.40. The van der Waals surface area contributed by atoms with Crippen molar-refractivity contribution >= 4 is 22.7 Å². The predicted octanol–water partition coefficient (Wildman–Crippen LogP) is 4.04. The number of phenols is 1. The Kier molecular flexibility index (Phi) is 5.70. The summed E-state index contributed by atoms with van der Waals surface area (Å²) in [7, 11) is 0. The topological polar surface area (TPSA) is 103 Å². The van der Waals surface area contributed by atoms with E-state index in [-0.39, 0.29) is 24.1 Å². The number of aliphatic hydroxyl groups is 1. The number of aromatic nitrogens is 1. The maximum Gasteiger partial charge on any atom is 0.325 e. The van der Waals surface area contributed by atoms with Gasteiger partial charge in [-0.3, -0.25) is 4.79 Å². The van der Waals surface area contributed by atoms with Gasteiger partial charge in [-0.2, -0.15) is 0 Å². The fourth-order valence-electron chi connectivity index (χ4n) is 3.33. The second-order valence-corrected chi connectivity index (χ2v) is 7.20. The van der Waals surface area contributed by atoms with Gasteiger partial charge in [0.05, 0.1) is 5.52 Å². The number of fused-ring (bicyclic) bond motifs is 1. The standard InChI is InChI=1S/C22H23FN2O4/c1-11-8-14(4-7-17(11)23)20-16-6-5-15(27)9-18(16)25-21(19(20)12(2)10-26)24-13(3)22(28)29/h4-9,12-13,26-27H,10H2,1-3H3,(H,24,25)(H,28,29)/t12?,13-/m1/s1. The Labute approximate surface area is 167 Å². The molecule has 29 heavy (non-hydrogen) atoms. The summed E-state index contributed by atoms with van der Waals surface area (Å²) in [6.07, 6.45) is 0. The van der Waals surface area contributed by atoms with Crippen molar-refractivity contribution in [2.45, 2.75) is 32.7 Å². The van der Waals surface area contributed by atoms with Crippen molar-refractivity contribution < 1.29 is 24.5 Å². The summed E-state index contributed by atoms with van der Waals surface area (Å²) in [6.45, 7) is 4.77. The number of rotatable bonds is 6. The second kappa shape index (κ2) is 8.05. The van der Waals surface area contributed by atoms with Crippen LogP contribution in [0.5, 0.6) is 5.75 Å². The van der Waals surface area contributed by atoms with Gasteiger partial charge in [-0.05, 0) is 54.8 Å². The van der Waals surface area contributed by atoms with E-state index in [0.717, 1.165) is 0 Å². The van der Waals surface area contributed by atoms with Gasteiger partial charge in [0, 0.05) is 29.5 Å². The number of hydrogen-bond donors (Lipinski definition) is 4. The first-order chi connectivity index (χ1) is 13.7. The third-order valence-corrected chi connectivity index (χ3v) is 4.94. The number of pyridine rings is 1. The third-order valence-electron chi connectivity index (χ3n) is 4.94. The van der Waals surface area contributed by atoms with Gasteiger partial charge < -0.3 is 20.6 Å². The van der Waals surface area contributed by atoms with Crippen LogP contribution in [0.3, 0.4) is 0 Å². The Morgan fingerprint density at radius 3 is 2.55 bits per heavy atom. The van der Waals surface area contributed by atoms with E-state index >= 15 is 0 Å². The lowest BCUT2D eigenvalue weighted by atomic mass is 9.88. The van der Waals surface area contributed by atoms with Gasteiger partial charge in [0.1, 0.15) is 23.4 Å². The molecule has 0 aliphatic carbocycles. The highest BCUT2D eigenvalue weighted by atomic mass is 19.1. The number of carbonyl (C=O) groups is 1. The van der Waals surface area contributed by atoms with Crippen LogP contribution in [0.1, 0.15) is 30.9 Å². The fraction of sp³-hybridized carbons (Fsp3) is 0.273. The number of nitrogens with one attached hydrogen (secondary N) is 1. The molecule has 0 fully saturated rings. The highest BCUT2D eigenvalue weighted by Crippen LogP contribution is 2.40. The number of benzene rings is 2. The van der Waals surface area contributed by atoms with Gasteiger partial charge in [0.15, 0.2) is 0 Å². The summed E-state index contributed by atoms with van der Waals surface area (Å²) in [5.74, 6) is -1.43. The van der Waals surface area contributed by atoms with Crippen LogP contribution in [0.4, 0.5) is 10.2 Å². The molecule has 0 aliphatic rings. The molecule has 6 nitrogen and oxygen atoms in total. The number of halogens is 1. The largest absolute Gasteiger partial charge is 0.508 e. The zero-order chi connectivity index (χ0) is 21.3. The van der Waals surface area contributed by atoms with Crippen LogP contribution in [0, 0.1) is 12.7 Å². The normalized spacial score (nSPS) is 13.3. The average molecular weight is 398 g/mol. The lowest BCUT2D eigenvalue weighted by Crippen LogP contribution is -2.27. The molecule has 1 heterocycles. The lowest BCUT2D eigenvalue weighted by Gasteiger charge is -2.23. The molecule has 3 rings (SSSR count). The number of aliphatic carboxylic acids is 1. The van der Waals surface area contributed by atoms with E-state index in [2.05, 4.69) is 10.3 Å². The van der Waals surface area contributed by atoms with Gasteiger partial charge in [0.2, 0.25) is 0 Å². The molecule has 0 bridgehead atoms. The number of phenolic OH excluding ortho intramolecular Hbond substituents is 1. The molecule has 4 N–H and O–H groups in total. The van der Waals surface area contributed by atoms with Crippen LogP contribution in [0.25, 0.3) is 22.0 Å². The first-order valence-corrected chi connectivity index (χ1v) is 9.26. The zero-order valence-electron chi connectivity index (χ0n) is 16.4. The number of aryl methyl sites for hydroxylation is 1. The van der Waals surface area contributed by atoms with Gasteiger partial charge >= 0.3 is 5.97 Å². The van der Waals surface area contributed by atoms with Crippen molar-refractivity contribution in [3.05, 3.63) is 53.3 Å². The number of hydrogen-bond acceptors (Lipinski definition) is 5. The van der Waals surface area contributed by atoms with Crippen LogP contribution < -0.4 is 5.32 Å². The van der Waals surface area contributed by atoms with Gasteiger partial charge in [-0.25, -0.2) is 9.37 Å². The number of carboxylic acids is 1. The van der Waals surface area contributed by atoms with E-state index in [0.29, 0.717) is 39.0 Å². The van der Waals surface area contributed by atoms with Crippen molar-refractivity contribution in [1.82, 2.24) is 4.98 Å². The van der Waals surface area contributed by atoms with E-state index < -0.39 is 12.0 Å². The molecular formula is C22H23FN2O4. The van der Waals surface area contributed by atoms with Crippen molar-refractivity contribution in [3.8, 4) is 16.9 Å². The zero-order valence-corrected chi connectivity index (χ0v) is 16.4. The predicted molar refractivity (Wildman–Crippen MR) is 110 cm³/mol. The van der Waals surface area contributed by atoms with Crippen molar-refractivity contribution in [3.63, 3.8) is 0 Å². The van der Waals surface area contributed by atoms with Gasteiger partial charge in [-0.1, -0.05) is 13.0 Å². The summed E-state index contributed by atoms with van der Waals surface area (Å²) >= 11 is 0. The smallest absolute Gasteiger partial charge is 0.325 e. The highest BCUT2D eigenvalue weighted by Gasteiger charge is 2.24.